The molecule has 0 aromatic rings. The first kappa shape index (κ1) is 5.95. The van der Waals surface area contributed by atoms with Crippen LogP contribution in [0.2, 0.25) is 0 Å². The second-order valence-corrected chi connectivity index (χ2v) is 1.56. The summed E-state index contributed by atoms with van der Waals surface area (Å²) in [4.78, 5) is -0.241. The van der Waals surface area contributed by atoms with Crippen LogP contribution in [0.25, 0.3) is 0 Å². The Morgan fingerprint density at radius 1 is 1.67 bits per heavy atom. The molecule has 0 aromatic heterocycles. The fraction of sp³-hybridized carbons (Fsp3) is 0.667. The van der Waals surface area contributed by atoms with E-state index in [1.165, 1.54) is 6.92 Å². The Morgan fingerprint density at radius 3 is 1.83 bits per heavy atom. The van der Waals surface area contributed by atoms with Crippen LogP contribution < -0.4 is 0 Å². The average molecular weight is 110 g/mol. The number of thiocarbonyl (C=S) groups is 1. The summed E-state index contributed by atoms with van der Waals surface area (Å²) in [6, 6.07) is 0. The Bertz CT molecular complexity index is 59.8. The summed E-state index contributed by atoms with van der Waals surface area (Å²) in [7, 11) is 0. The van der Waals surface area contributed by atoms with Gasteiger partial charge in [0, 0.05) is 0 Å². The zero-order valence-electron chi connectivity index (χ0n) is 3.24. The first-order valence-electron chi connectivity index (χ1n) is 1.43. The third kappa shape index (κ3) is 2.20. The van der Waals surface area contributed by atoms with Crippen LogP contribution in [0.1, 0.15) is 6.92 Å². The van der Waals surface area contributed by atoms with E-state index in [4.69, 9.17) is 0 Å². The van der Waals surface area contributed by atoms with Gasteiger partial charge in [0.2, 0.25) is 0 Å². The summed E-state index contributed by atoms with van der Waals surface area (Å²) in [6.45, 7) is 1.22. The van der Waals surface area contributed by atoms with E-state index in [1.54, 1.807) is 0 Å². The molecule has 0 amide bonds. The third-order valence-electron chi connectivity index (χ3n) is 0.307. The summed E-state index contributed by atoms with van der Waals surface area (Å²) in [5, 5.41) is 0. The molecular formula is C3H4F2S. The van der Waals surface area contributed by atoms with E-state index in [0.29, 0.717) is 0 Å². The number of hydrogen-bond donors (Lipinski definition) is 0. The van der Waals surface area contributed by atoms with Gasteiger partial charge < -0.3 is 0 Å². The van der Waals surface area contributed by atoms with Crippen molar-refractivity contribution in [3.8, 4) is 0 Å². The van der Waals surface area contributed by atoms with Gasteiger partial charge in [0.05, 0.1) is 4.86 Å². The summed E-state index contributed by atoms with van der Waals surface area (Å²) >= 11 is 4.07. The molecule has 0 spiro atoms. The summed E-state index contributed by atoms with van der Waals surface area (Å²) in [6.07, 6.45) is -2.42. The molecular weight excluding hydrogens is 106 g/mol. The average Bonchev–Trinajstić information content (AvgIpc) is 1.36. The second-order valence-electron chi connectivity index (χ2n) is 0.911. The number of hydrogen-bond acceptors (Lipinski definition) is 1. The molecule has 0 aliphatic heterocycles. The Morgan fingerprint density at radius 2 is 1.83 bits per heavy atom. The molecule has 0 saturated carbocycles. The Hall–Kier alpha value is -0.0500. The highest BCUT2D eigenvalue weighted by Crippen LogP contribution is 1.93. The van der Waals surface area contributed by atoms with E-state index >= 15 is 0 Å². The number of alkyl halides is 2. The van der Waals surface area contributed by atoms with Crippen LogP contribution in [0.4, 0.5) is 8.78 Å². The molecule has 0 saturated heterocycles. The second kappa shape index (κ2) is 2.18. The highest BCUT2D eigenvalue weighted by molar-refractivity contribution is 7.80. The van der Waals surface area contributed by atoms with Crippen molar-refractivity contribution < 1.29 is 8.78 Å². The normalized spacial score (nSPS) is 9.33. The standard InChI is InChI=1S/C3H4F2S/c1-2(6)3(4)5/h3H,1H3. The molecule has 36 valence electrons. The Balaban J connectivity index is 3.26. The predicted octanol–water partition coefficient (Wildman–Crippen LogP) is 1.64. The van der Waals surface area contributed by atoms with Crippen molar-refractivity contribution in [1.29, 1.82) is 0 Å². The maximum atomic E-state index is 11.0. The quantitative estimate of drug-likeness (QED) is 0.462. The maximum absolute atomic E-state index is 11.0. The molecule has 0 aliphatic carbocycles. The Kier molecular flexibility index (Phi) is 2.16. The minimum absolute atomic E-state index is 0.241. The van der Waals surface area contributed by atoms with Gasteiger partial charge >= 0.3 is 0 Å². The molecule has 0 nitrogen and oxygen atoms in total. The lowest BCUT2D eigenvalue weighted by molar-refractivity contribution is 0.228. The molecule has 0 rings (SSSR count). The van der Waals surface area contributed by atoms with Crippen molar-refractivity contribution in [2.75, 3.05) is 0 Å². The topological polar surface area (TPSA) is 0 Å². The first-order chi connectivity index (χ1) is 2.64. The molecule has 3 heteroatoms. The van der Waals surface area contributed by atoms with E-state index in [-0.39, 0.29) is 4.86 Å². The minimum Gasteiger partial charge on any atom is -0.204 e. The Labute approximate surface area is 40.2 Å². The summed E-state index contributed by atoms with van der Waals surface area (Å²) in [5.41, 5.74) is 0. The van der Waals surface area contributed by atoms with Gasteiger partial charge in [-0.2, -0.15) is 0 Å². The lowest BCUT2D eigenvalue weighted by atomic mass is 10.5. The van der Waals surface area contributed by atoms with E-state index < -0.39 is 6.43 Å². The van der Waals surface area contributed by atoms with Crippen LogP contribution in [-0.4, -0.2) is 11.3 Å². The van der Waals surface area contributed by atoms with Gasteiger partial charge in [-0.3, -0.25) is 0 Å². The zero-order chi connectivity index (χ0) is 5.15. The molecule has 0 aromatic carbocycles. The van der Waals surface area contributed by atoms with Gasteiger partial charge in [-0.1, -0.05) is 12.2 Å². The molecule has 0 aliphatic rings. The van der Waals surface area contributed by atoms with Crippen molar-refractivity contribution in [2.24, 2.45) is 0 Å². The van der Waals surface area contributed by atoms with Crippen LogP contribution >= 0.6 is 12.2 Å². The van der Waals surface area contributed by atoms with Gasteiger partial charge in [-0.25, -0.2) is 8.78 Å². The van der Waals surface area contributed by atoms with Gasteiger partial charge in [-0.05, 0) is 6.92 Å². The molecule has 0 bridgehead atoms. The molecule has 0 fully saturated rings. The zero-order valence-corrected chi connectivity index (χ0v) is 4.06. The smallest absolute Gasteiger partial charge is 0.204 e. The number of halogens is 2. The predicted molar refractivity (Wildman–Crippen MR) is 24.3 cm³/mol. The van der Waals surface area contributed by atoms with E-state index in [1.807, 2.05) is 0 Å². The van der Waals surface area contributed by atoms with Crippen LogP contribution in [-0.2, 0) is 0 Å². The summed E-state index contributed by atoms with van der Waals surface area (Å²) in [5.74, 6) is 0. The lowest BCUT2D eigenvalue weighted by Crippen LogP contribution is -1.99. The third-order valence-corrected chi connectivity index (χ3v) is 0.485. The molecule has 0 atom stereocenters. The van der Waals surface area contributed by atoms with Gasteiger partial charge in [-0.15, -0.1) is 0 Å². The minimum atomic E-state index is -2.42. The van der Waals surface area contributed by atoms with Crippen molar-refractivity contribution >= 4 is 17.1 Å². The lowest BCUT2D eigenvalue weighted by Gasteiger charge is -1.86. The van der Waals surface area contributed by atoms with E-state index in [9.17, 15) is 8.78 Å². The van der Waals surface area contributed by atoms with Gasteiger partial charge in [0.15, 0.2) is 0 Å². The molecule has 0 N–H and O–H groups in total. The molecule has 0 heterocycles. The fourth-order valence-electron chi connectivity index (χ4n) is 0. The highest BCUT2D eigenvalue weighted by atomic mass is 32.1. The highest BCUT2D eigenvalue weighted by Gasteiger charge is 2.00. The monoisotopic (exact) mass is 110 g/mol. The van der Waals surface area contributed by atoms with Crippen molar-refractivity contribution in [2.45, 2.75) is 13.3 Å². The van der Waals surface area contributed by atoms with Crippen LogP contribution in [0.5, 0.6) is 0 Å². The maximum Gasteiger partial charge on any atom is 0.269 e. The van der Waals surface area contributed by atoms with Crippen LogP contribution in [0, 0.1) is 0 Å². The van der Waals surface area contributed by atoms with Crippen LogP contribution in [0.15, 0.2) is 0 Å². The SMILES string of the molecule is CC(=S)C(F)F. The van der Waals surface area contributed by atoms with Crippen molar-refractivity contribution in [1.82, 2.24) is 0 Å². The largest absolute Gasteiger partial charge is 0.269 e. The molecule has 0 radical (unpaired) electrons. The fourth-order valence-corrected chi connectivity index (χ4v) is 0. The van der Waals surface area contributed by atoms with Crippen molar-refractivity contribution in [3.05, 3.63) is 0 Å². The van der Waals surface area contributed by atoms with Crippen molar-refractivity contribution in [3.63, 3.8) is 0 Å². The molecule has 0 unspecified atom stereocenters. The first-order valence-corrected chi connectivity index (χ1v) is 1.84. The van der Waals surface area contributed by atoms with E-state index in [0.717, 1.165) is 0 Å². The van der Waals surface area contributed by atoms with Crippen LogP contribution in [0.3, 0.4) is 0 Å². The van der Waals surface area contributed by atoms with E-state index in [2.05, 4.69) is 12.2 Å². The number of rotatable bonds is 1. The summed E-state index contributed by atoms with van der Waals surface area (Å²) < 4.78 is 22.0. The van der Waals surface area contributed by atoms with Gasteiger partial charge in [0.25, 0.3) is 6.43 Å². The molecule has 6 heavy (non-hydrogen) atoms. The van der Waals surface area contributed by atoms with Gasteiger partial charge in [0.1, 0.15) is 0 Å².